The second-order valence-corrected chi connectivity index (χ2v) is 9.06. The maximum atomic E-state index is 12.3. The molecule has 7 heteroatoms. The lowest BCUT2D eigenvalue weighted by Gasteiger charge is -2.32. The van der Waals surface area contributed by atoms with E-state index in [0.717, 1.165) is 32.5 Å². The van der Waals surface area contributed by atoms with Crippen LogP contribution in [0.15, 0.2) is 48.8 Å². The van der Waals surface area contributed by atoms with Gasteiger partial charge in [0.2, 0.25) is 10.0 Å². The fourth-order valence-electron chi connectivity index (χ4n) is 3.24. The SMILES string of the molecule is O=S(=O)(Cc1cccc(Cl)c1)NCC1CCN(Cc2ccncc2)CC1. The molecule has 1 aliphatic heterocycles. The van der Waals surface area contributed by atoms with E-state index in [1.54, 1.807) is 24.3 Å². The van der Waals surface area contributed by atoms with Gasteiger partial charge in [0.05, 0.1) is 5.75 Å². The number of hydrogen-bond donors (Lipinski definition) is 1. The summed E-state index contributed by atoms with van der Waals surface area (Å²) in [5, 5.41) is 0.555. The Morgan fingerprint density at radius 3 is 2.54 bits per heavy atom. The predicted octanol–water partition coefficient (Wildman–Crippen LogP) is 3.07. The van der Waals surface area contributed by atoms with Crippen LogP contribution < -0.4 is 4.72 Å². The minimum atomic E-state index is -3.34. The summed E-state index contributed by atoms with van der Waals surface area (Å²) < 4.78 is 27.3. The first kappa shape index (κ1) is 19.3. The smallest absolute Gasteiger partial charge is 0.215 e. The lowest BCUT2D eigenvalue weighted by molar-refractivity contribution is 0.178. The van der Waals surface area contributed by atoms with Gasteiger partial charge in [-0.15, -0.1) is 0 Å². The fourth-order valence-corrected chi connectivity index (χ4v) is 4.66. The monoisotopic (exact) mass is 393 g/mol. The summed E-state index contributed by atoms with van der Waals surface area (Å²) >= 11 is 5.92. The van der Waals surface area contributed by atoms with E-state index in [2.05, 4.69) is 14.6 Å². The molecule has 5 nitrogen and oxygen atoms in total. The van der Waals surface area contributed by atoms with E-state index in [1.165, 1.54) is 5.56 Å². The third kappa shape index (κ3) is 6.06. The van der Waals surface area contributed by atoms with Crippen molar-refractivity contribution < 1.29 is 8.42 Å². The molecule has 26 heavy (non-hydrogen) atoms. The Morgan fingerprint density at radius 2 is 1.85 bits per heavy atom. The lowest BCUT2D eigenvalue weighted by Crippen LogP contribution is -2.38. The Kier molecular flexibility index (Phi) is 6.64. The number of sulfonamides is 1. The maximum absolute atomic E-state index is 12.3. The highest BCUT2D eigenvalue weighted by atomic mass is 35.5. The van der Waals surface area contributed by atoms with Crippen molar-refractivity contribution in [3.8, 4) is 0 Å². The van der Waals surface area contributed by atoms with Crippen molar-refractivity contribution in [2.24, 2.45) is 5.92 Å². The first-order valence-corrected chi connectivity index (χ1v) is 10.9. The van der Waals surface area contributed by atoms with Crippen LogP contribution in [0.5, 0.6) is 0 Å². The summed E-state index contributed by atoms with van der Waals surface area (Å²) in [6.07, 6.45) is 5.64. The summed E-state index contributed by atoms with van der Waals surface area (Å²) in [5.74, 6) is 0.354. The van der Waals surface area contributed by atoms with Gasteiger partial charge in [-0.3, -0.25) is 9.88 Å². The molecule has 0 bridgehead atoms. The molecule has 0 spiro atoms. The van der Waals surface area contributed by atoms with Gasteiger partial charge in [-0.05, 0) is 67.2 Å². The number of halogens is 1. The van der Waals surface area contributed by atoms with Crippen LogP contribution in [-0.4, -0.2) is 37.9 Å². The highest BCUT2D eigenvalue weighted by molar-refractivity contribution is 7.88. The second-order valence-electron chi connectivity index (χ2n) is 6.81. The van der Waals surface area contributed by atoms with Crippen LogP contribution in [0.2, 0.25) is 5.02 Å². The first-order valence-electron chi connectivity index (χ1n) is 8.83. The van der Waals surface area contributed by atoms with Crippen molar-refractivity contribution in [3.63, 3.8) is 0 Å². The van der Waals surface area contributed by atoms with Crippen molar-refractivity contribution in [1.29, 1.82) is 0 Å². The quantitative estimate of drug-likeness (QED) is 0.785. The van der Waals surface area contributed by atoms with E-state index in [4.69, 9.17) is 11.6 Å². The van der Waals surface area contributed by atoms with Crippen molar-refractivity contribution >= 4 is 21.6 Å². The second kappa shape index (κ2) is 8.95. The van der Waals surface area contributed by atoms with Gasteiger partial charge in [0.15, 0.2) is 0 Å². The van der Waals surface area contributed by atoms with Crippen LogP contribution in [0.1, 0.15) is 24.0 Å². The van der Waals surface area contributed by atoms with E-state index in [-0.39, 0.29) is 5.75 Å². The summed E-state index contributed by atoms with van der Waals surface area (Å²) in [5.41, 5.74) is 1.97. The molecule has 0 atom stereocenters. The van der Waals surface area contributed by atoms with Gasteiger partial charge in [0.25, 0.3) is 0 Å². The Labute approximate surface area is 160 Å². The van der Waals surface area contributed by atoms with Crippen LogP contribution in [0.4, 0.5) is 0 Å². The molecule has 1 N–H and O–H groups in total. The summed E-state index contributed by atoms with van der Waals surface area (Å²) in [4.78, 5) is 6.45. The van der Waals surface area contributed by atoms with Crippen molar-refractivity contribution in [2.75, 3.05) is 19.6 Å². The van der Waals surface area contributed by atoms with Crippen LogP contribution in [0.25, 0.3) is 0 Å². The summed E-state index contributed by atoms with van der Waals surface area (Å²) in [6.45, 7) is 3.41. The first-order chi connectivity index (χ1) is 12.5. The van der Waals surface area contributed by atoms with E-state index in [1.807, 2.05) is 24.5 Å². The molecule has 1 aliphatic rings. The van der Waals surface area contributed by atoms with E-state index < -0.39 is 10.0 Å². The Bertz CT molecular complexity index is 807. The molecule has 140 valence electrons. The Balaban J connectivity index is 1.43. The zero-order chi connectivity index (χ0) is 18.4. The fraction of sp³-hybridized carbons (Fsp3) is 0.421. The number of nitrogens with one attached hydrogen (secondary N) is 1. The molecule has 0 amide bonds. The minimum Gasteiger partial charge on any atom is -0.299 e. The van der Waals surface area contributed by atoms with Crippen LogP contribution >= 0.6 is 11.6 Å². The molecule has 0 unspecified atom stereocenters. The summed E-state index contributed by atoms with van der Waals surface area (Å²) in [6, 6.07) is 11.1. The van der Waals surface area contributed by atoms with E-state index in [9.17, 15) is 8.42 Å². The molecule has 1 aromatic carbocycles. The lowest BCUT2D eigenvalue weighted by atomic mass is 9.97. The topological polar surface area (TPSA) is 62.3 Å². The third-order valence-corrected chi connectivity index (χ3v) is 6.26. The van der Waals surface area contributed by atoms with E-state index in [0.29, 0.717) is 23.0 Å². The zero-order valence-electron chi connectivity index (χ0n) is 14.6. The molecule has 1 saturated heterocycles. The molecule has 0 radical (unpaired) electrons. The average molecular weight is 394 g/mol. The Morgan fingerprint density at radius 1 is 1.12 bits per heavy atom. The standard InChI is InChI=1S/C19H24ClN3O2S/c20-19-3-1-2-18(12-19)15-26(24,25)22-13-16-6-10-23(11-7-16)14-17-4-8-21-9-5-17/h1-5,8-9,12,16,22H,6-7,10-11,13-15H2. The zero-order valence-corrected chi connectivity index (χ0v) is 16.2. The van der Waals surface area contributed by atoms with Gasteiger partial charge in [0, 0.05) is 30.5 Å². The number of rotatable bonds is 7. The molecular formula is C19H24ClN3O2S. The van der Waals surface area contributed by atoms with Crippen molar-refractivity contribution in [3.05, 3.63) is 64.9 Å². The number of benzene rings is 1. The van der Waals surface area contributed by atoms with Gasteiger partial charge >= 0.3 is 0 Å². The van der Waals surface area contributed by atoms with Crippen LogP contribution in [0.3, 0.4) is 0 Å². The molecule has 0 aliphatic carbocycles. The summed E-state index contributed by atoms with van der Waals surface area (Å²) in [7, 11) is -3.34. The predicted molar refractivity (Wildman–Crippen MR) is 104 cm³/mol. The van der Waals surface area contributed by atoms with Gasteiger partial charge < -0.3 is 0 Å². The number of hydrogen-bond acceptors (Lipinski definition) is 4. The molecule has 2 heterocycles. The highest BCUT2D eigenvalue weighted by Crippen LogP contribution is 2.19. The number of piperidine rings is 1. The average Bonchev–Trinajstić information content (AvgIpc) is 2.62. The van der Waals surface area contributed by atoms with Gasteiger partial charge in [0.1, 0.15) is 0 Å². The molecule has 2 aromatic rings. The molecule has 0 saturated carbocycles. The minimum absolute atomic E-state index is 0.0333. The molecular weight excluding hydrogens is 370 g/mol. The third-order valence-electron chi connectivity index (χ3n) is 4.70. The number of pyridine rings is 1. The molecule has 1 fully saturated rings. The maximum Gasteiger partial charge on any atom is 0.215 e. The van der Waals surface area contributed by atoms with Gasteiger partial charge in [-0.2, -0.15) is 0 Å². The van der Waals surface area contributed by atoms with Crippen molar-refractivity contribution in [2.45, 2.75) is 25.1 Å². The normalized spacial score (nSPS) is 16.7. The number of likely N-dealkylation sites (tertiary alicyclic amines) is 1. The molecule has 1 aromatic heterocycles. The van der Waals surface area contributed by atoms with Gasteiger partial charge in [-0.1, -0.05) is 23.7 Å². The van der Waals surface area contributed by atoms with Crippen LogP contribution in [0, 0.1) is 5.92 Å². The van der Waals surface area contributed by atoms with Gasteiger partial charge in [-0.25, -0.2) is 13.1 Å². The van der Waals surface area contributed by atoms with Crippen molar-refractivity contribution in [1.82, 2.24) is 14.6 Å². The van der Waals surface area contributed by atoms with Crippen LogP contribution in [-0.2, 0) is 22.3 Å². The largest absolute Gasteiger partial charge is 0.299 e. The number of nitrogens with zero attached hydrogens (tertiary/aromatic N) is 2. The molecule has 3 rings (SSSR count). The Hall–Kier alpha value is -1.47. The van der Waals surface area contributed by atoms with E-state index >= 15 is 0 Å². The number of aromatic nitrogens is 1. The highest BCUT2D eigenvalue weighted by Gasteiger charge is 2.21.